The number of hydrogen-bond acceptors (Lipinski definition) is 3. The van der Waals surface area contributed by atoms with Crippen LogP contribution in [0.4, 0.5) is 26.3 Å². The number of carbonyl (C=O) groups is 2. The van der Waals surface area contributed by atoms with E-state index in [4.69, 9.17) is 4.42 Å². The summed E-state index contributed by atoms with van der Waals surface area (Å²) in [5.74, 6) is -1.12. The Hall–Kier alpha value is -3.70. The summed E-state index contributed by atoms with van der Waals surface area (Å²) >= 11 is 0. The molecular formula is C25H23F6N3O3. The van der Waals surface area contributed by atoms with Crippen LogP contribution in [0.2, 0.25) is 0 Å². The molecule has 2 heterocycles. The Balaban J connectivity index is 1.62. The highest BCUT2D eigenvalue weighted by Crippen LogP contribution is 2.37. The fourth-order valence-corrected chi connectivity index (χ4v) is 3.92. The molecule has 6 nitrogen and oxygen atoms in total. The molecular weight excluding hydrogens is 504 g/mol. The minimum Gasteiger partial charge on any atom is -0.467 e. The van der Waals surface area contributed by atoms with Crippen molar-refractivity contribution < 1.29 is 40.3 Å². The van der Waals surface area contributed by atoms with E-state index in [-0.39, 0.29) is 19.2 Å². The molecule has 1 fully saturated rings. The molecule has 2 amide bonds. The lowest BCUT2D eigenvalue weighted by atomic mass is 10.0. The molecule has 0 unspecified atom stereocenters. The number of benzene rings is 1. The second-order valence-corrected chi connectivity index (χ2v) is 8.90. The van der Waals surface area contributed by atoms with Gasteiger partial charge in [-0.1, -0.05) is 0 Å². The second kappa shape index (κ2) is 9.98. The summed E-state index contributed by atoms with van der Waals surface area (Å²) in [6, 6.07) is 7.19. The van der Waals surface area contributed by atoms with Gasteiger partial charge in [-0.3, -0.25) is 9.59 Å². The summed E-state index contributed by atoms with van der Waals surface area (Å²) in [7, 11) is 1.79. The van der Waals surface area contributed by atoms with Gasteiger partial charge >= 0.3 is 12.4 Å². The van der Waals surface area contributed by atoms with E-state index >= 15 is 0 Å². The summed E-state index contributed by atoms with van der Waals surface area (Å²) in [4.78, 5) is 29.1. The third kappa shape index (κ3) is 6.36. The normalized spacial score (nSPS) is 14.0. The number of carbonyl (C=O) groups excluding carboxylic acids is 2. The summed E-state index contributed by atoms with van der Waals surface area (Å²) < 4.78 is 87.0. The van der Waals surface area contributed by atoms with Crippen molar-refractivity contribution >= 4 is 11.8 Å². The van der Waals surface area contributed by atoms with Crippen molar-refractivity contribution in [3.63, 3.8) is 0 Å². The number of amides is 2. The van der Waals surface area contributed by atoms with Crippen LogP contribution >= 0.6 is 0 Å². The number of furan rings is 1. The first-order valence-corrected chi connectivity index (χ1v) is 11.3. The molecule has 0 bridgehead atoms. The molecule has 37 heavy (non-hydrogen) atoms. The lowest BCUT2D eigenvalue weighted by molar-refractivity contribution is -0.143. The van der Waals surface area contributed by atoms with Gasteiger partial charge in [0.1, 0.15) is 12.3 Å². The highest BCUT2D eigenvalue weighted by Gasteiger charge is 2.40. The molecule has 0 N–H and O–H groups in total. The fraction of sp³-hybridized carbons (Fsp3) is 0.360. The largest absolute Gasteiger partial charge is 0.467 e. The van der Waals surface area contributed by atoms with Crippen LogP contribution in [0, 0.1) is 0 Å². The van der Waals surface area contributed by atoms with E-state index in [0.717, 1.165) is 10.6 Å². The molecule has 0 spiro atoms. The number of alkyl halides is 6. The maximum Gasteiger partial charge on any atom is 0.416 e. The zero-order chi connectivity index (χ0) is 27.0. The Morgan fingerprint density at radius 1 is 0.973 bits per heavy atom. The van der Waals surface area contributed by atoms with Crippen molar-refractivity contribution in [1.82, 2.24) is 14.4 Å². The summed E-state index contributed by atoms with van der Waals surface area (Å²) in [6.45, 7) is -0.296. The van der Waals surface area contributed by atoms with Gasteiger partial charge in [0.15, 0.2) is 0 Å². The van der Waals surface area contributed by atoms with Crippen LogP contribution in [-0.2, 0) is 37.3 Å². The van der Waals surface area contributed by atoms with Gasteiger partial charge in [-0.25, -0.2) is 0 Å². The van der Waals surface area contributed by atoms with Crippen molar-refractivity contribution in [3.8, 4) is 0 Å². The number of aromatic nitrogens is 1. The predicted octanol–water partition coefficient (Wildman–Crippen LogP) is 5.49. The van der Waals surface area contributed by atoms with Gasteiger partial charge in [0.25, 0.3) is 5.91 Å². The minimum absolute atomic E-state index is 0.0334. The van der Waals surface area contributed by atoms with Crippen LogP contribution in [0.15, 0.2) is 59.3 Å². The molecule has 1 aliphatic rings. The summed E-state index contributed by atoms with van der Waals surface area (Å²) in [5, 5.41) is 0. The van der Waals surface area contributed by atoms with Crippen LogP contribution < -0.4 is 0 Å². The molecule has 3 aromatic rings. The molecule has 0 atom stereocenters. The van der Waals surface area contributed by atoms with Crippen molar-refractivity contribution in [2.24, 2.45) is 7.05 Å². The quantitative estimate of drug-likeness (QED) is 0.364. The molecule has 0 saturated heterocycles. The average Bonchev–Trinajstić information content (AvgIpc) is 3.38. The van der Waals surface area contributed by atoms with Crippen molar-refractivity contribution in [2.45, 2.75) is 44.3 Å². The molecule has 0 aliphatic heterocycles. The van der Waals surface area contributed by atoms with Gasteiger partial charge in [-0.05, 0) is 55.3 Å². The Morgan fingerprint density at radius 3 is 2.11 bits per heavy atom. The predicted molar refractivity (Wildman–Crippen MR) is 119 cm³/mol. The van der Waals surface area contributed by atoms with Gasteiger partial charge in [0.05, 0.1) is 30.5 Å². The first-order valence-electron chi connectivity index (χ1n) is 11.3. The van der Waals surface area contributed by atoms with E-state index in [2.05, 4.69) is 0 Å². The van der Waals surface area contributed by atoms with Gasteiger partial charge in [0.2, 0.25) is 5.91 Å². The first-order chi connectivity index (χ1) is 17.3. The topological polar surface area (TPSA) is 58.7 Å². The minimum atomic E-state index is -5.09. The van der Waals surface area contributed by atoms with Gasteiger partial charge < -0.3 is 18.8 Å². The third-order valence-electron chi connectivity index (χ3n) is 6.07. The maximum atomic E-state index is 13.4. The number of aryl methyl sites for hydroxylation is 1. The van der Waals surface area contributed by atoms with Crippen molar-refractivity contribution in [2.75, 3.05) is 6.54 Å². The number of halogens is 6. The smallest absolute Gasteiger partial charge is 0.416 e. The van der Waals surface area contributed by atoms with E-state index < -0.39 is 53.4 Å². The fourth-order valence-electron chi connectivity index (χ4n) is 3.92. The molecule has 198 valence electrons. The maximum absolute atomic E-state index is 13.4. The zero-order valence-electron chi connectivity index (χ0n) is 19.6. The molecule has 0 radical (unpaired) electrons. The zero-order valence-corrected chi connectivity index (χ0v) is 19.6. The van der Waals surface area contributed by atoms with Gasteiger partial charge in [-0.2, -0.15) is 26.3 Å². The molecule has 4 rings (SSSR count). The summed E-state index contributed by atoms with van der Waals surface area (Å²) in [6.07, 6.45) is -5.99. The molecule has 1 saturated carbocycles. The van der Waals surface area contributed by atoms with Gasteiger partial charge in [0, 0.05) is 30.5 Å². The highest BCUT2D eigenvalue weighted by molar-refractivity contribution is 5.97. The lowest BCUT2D eigenvalue weighted by Crippen LogP contribution is -2.43. The SMILES string of the molecule is Cn1cccc1CN(Cc1ccco1)C(=O)CN(C(=O)c1cc(C(F)(F)F)cc(C(F)(F)F)c1)C1CC1. The average molecular weight is 527 g/mol. The van der Waals surface area contributed by atoms with Crippen LogP contribution in [0.25, 0.3) is 0 Å². The van der Waals surface area contributed by atoms with E-state index in [1.54, 1.807) is 42.1 Å². The molecule has 1 aromatic carbocycles. The van der Waals surface area contributed by atoms with Crippen LogP contribution in [0.1, 0.15) is 45.8 Å². The Bertz CT molecular complexity index is 1230. The van der Waals surface area contributed by atoms with Gasteiger partial charge in [-0.15, -0.1) is 0 Å². The van der Waals surface area contributed by atoms with Crippen LogP contribution in [0.5, 0.6) is 0 Å². The van der Waals surface area contributed by atoms with E-state index in [1.807, 2.05) is 0 Å². The monoisotopic (exact) mass is 527 g/mol. The second-order valence-electron chi connectivity index (χ2n) is 8.90. The molecule has 12 heteroatoms. The lowest BCUT2D eigenvalue weighted by Gasteiger charge is -2.28. The van der Waals surface area contributed by atoms with E-state index in [1.165, 1.54) is 11.2 Å². The Labute approximate surface area is 208 Å². The van der Waals surface area contributed by atoms with Crippen LogP contribution in [0.3, 0.4) is 0 Å². The van der Waals surface area contributed by atoms with Crippen molar-refractivity contribution in [1.29, 1.82) is 0 Å². The van der Waals surface area contributed by atoms with E-state index in [0.29, 0.717) is 30.7 Å². The standard InChI is InChI=1S/C25H23F6N3O3/c1-32-8-2-4-20(32)13-33(14-21-5-3-9-37-21)22(35)15-34(19-6-7-19)23(36)16-10-17(24(26,27)28)12-18(11-16)25(29,30)31/h2-5,8-12,19H,6-7,13-15H2,1H3. The number of rotatable bonds is 8. The number of nitrogens with zero attached hydrogens (tertiary/aromatic N) is 3. The first kappa shape index (κ1) is 26.4. The van der Waals surface area contributed by atoms with Crippen molar-refractivity contribution in [3.05, 3.63) is 83.1 Å². The summed E-state index contributed by atoms with van der Waals surface area (Å²) in [5.41, 5.74) is -3.18. The molecule has 2 aromatic heterocycles. The highest BCUT2D eigenvalue weighted by atomic mass is 19.4. The van der Waals surface area contributed by atoms with Crippen LogP contribution in [-0.4, -0.2) is 38.8 Å². The Kier molecular flexibility index (Phi) is 7.11. The van der Waals surface area contributed by atoms with E-state index in [9.17, 15) is 35.9 Å². The Morgan fingerprint density at radius 2 is 1.62 bits per heavy atom. The number of hydrogen-bond donors (Lipinski definition) is 0. The molecule has 1 aliphatic carbocycles. The third-order valence-corrected chi connectivity index (χ3v) is 6.07.